The van der Waals surface area contributed by atoms with Crippen LogP contribution in [0.3, 0.4) is 0 Å². The number of β-amino-alcohol motifs (C(OH)–C–C–N with tert-alkyl or cyclic N) is 1. The highest BCUT2D eigenvalue weighted by Gasteiger charge is 2.20. The number of nitrogens with two attached hydrogens (primary N) is 1. The lowest BCUT2D eigenvalue weighted by Gasteiger charge is -2.36. The second kappa shape index (κ2) is 6.17. The van der Waals surface area contributed by atoms with Gasteiger partial charge in [0.1, 0.15) is 0 Å². The van der Waals surface area contributed by atoms with E-state index in [0.717, 1.165) is 59.5 Å². The molecule has 21 heavy (non-hydrogen) atoms. The zero-order chi connectivity index (χ0) is 14.8. The van der Waals surface area contributed by atoms with Gasteiger partial charge in [-0.2, -0.15) is 0 Å². The molecule has 1 aromatic carbocycles. The molecular formula is C15H19BrN4O. The molecule has 1 saturated heterocycles. The zero-order valence-electron chi connectivity index (χ0n) is 11.8. The van der Waals surface area contributed by atoms with E-state index < -0.39 is 0 Å². The Kier molecular flexibility index (Phi) is 4.28. The highest BCUT2D eigenvalue weighted by Crippen LogP contribution is 2.33. The van der Waals surface area contributed by atoms with Gasteiger partial charge in [-0.05, 0) is 18.2 Å². The van der Waals surface area contributed by atoms with Gasteiger partial charge in [0.15, 0.2) is 0 Å². The number of piperazine rings is 1. The summed E-state index contributed by atoms with van der Waals surface area (Å²) in [6.45, 7) is 4.67. The number of fused-ring (bicyclic) bond motifs is 1. The van der Waals surface area contributed by atoms with Crippen molar-refractivity contribution in [2.75, 3.05) is 50.0 Å². The molecule has 0 radical (unpaired) electrons. The first kappa shape index (κ1) is 14.6. The van der Waals surface area contributed by atoms with Crippen molar-refractivity contribution < 1.29 is 5.11 Å². The summed E-state index contributed by atoms with van der Waals surface area (Å²) >= 11 is 3.52. The summed E-state index contributed by atoms with van der Waals surface area (Å²) in [5.74, 6) is 0. The van der Waals surface area contributed by atoms with Crippen molar-refractivity contribution in [2.45, 2.75) is 0 Å². The van der Waals surface area contributed by atoms with Gasteiger partial charge in [-0.15, -0.1) is 0 Å². The normalized spacial score (nSPS) is 16.6. The van der Waals surface area contributed by atoms with Gasteiger partial charge in [0.05, 0.1) is 29.7 Å². The molecule has 0 saturated carbocycles. The zero-order valence-corrected chi connectivity index (χ0v) is 13.4. The maximum Gasteiger partial charge on any atom is 0.0745 e. The molecule has 0 bridgehead atoms. The van der Waals surface area contributed by atoms with Crippen LogP contribution in [-0.4, -0.2) is 54.3 Å². The van der Waals surface area contributed by atoms with Crippen LogP contribution in [0.4, 0.5) is 11.4 Å². The van der Waals surface area contributed by atoms with Crippen molar-refractivity contribution in [3.63, 3.8) is 0 Å². The monoisotopic (exact) mass is 350 g/mol. The number of hydrogen-bond donors (Lipinski definition) is 2. The number of pyridine rings is 1. The van der Waals surface area contributed by atoms with E-state index in [0.29, 0.717) is 0 Å². The number of aliphatic hydroxyl groups is 1. The molecule has 6 heteroatoms. The average Bonchev–Trinajstić information content (AvgIpc) is 2.48. The number of rotatable bonds is 3. The highest BCUT2D eigenvalue weighted by atomic mass is 79.9. The lowest BCUT2D eigenvalue weighted by Crippen LogP contribution is -2.47. The molecule has 0 amide bonds. The van der Waals surface area contributed by atoms with Crippen LogP contribution in [0, 0.1) is 0 Å². The third-order valence-electron chi connectivity index (χ3n) is 3.93. The Morgan fingerprint density at radius 3 is 2.71 bits per heavy atom. The standard InChI is InChI=1S/C15H19BrN4O/c16-11-1-2-14-12(9-11)15(13(17)10-18-14)20-5-3-19(4-6-20)7-8-21/h1-2,9-10,21H,3-8,17H2. The van der Waals surface area contributed by atoms with Crippen LogP contribution in [0.25, 0.3) is 10.9 Å². The fourth-order valence-corrected chi connectivity index (χ4v) is 3.22. The molecule has 5 nitrogen and oxygen atoms in total. The van der Waals surface area contributed by atoms with Crippen molar-refractivity contribution in [3.05, 3.63) is 28.9 Å². The van der Waals surface area contributed by atoms with Crippen molar-refractivity contribution in [2.24, 2.45) is 0 Å². The number of halogens is 1. The van der Waals surface area contributed by atoms with Crippen LogP contribution in [0.15, 0.2) is 28.9 Å². The van der Waals surface area contributed by atoms with E-state index in [-0.39, 0.29) is 6.61 Å². The number of benzene rings is 1. The molecule has 0 unspecified atom stereocenters. The second-order valence-corrected chi connectivity index (χ2v) is 6.19. The smallest absolute Gasteiger partial charge is 0.0745 e. The largest absolute Gasteiger partial charge is 0.396 e. The molecule has 1 fully saturated rings. The molecule has 3 N–H and O–H groups in total. The first-order valence-electron chi connectivity index (χ1n) is 7.11. The minimum Gasteiger partial charge on any atom is -0.396 e. The Balaban J connectivity index is 1.93. The van der Waals surface area contributed by atoms with E-state index in [1.165, 1.54) is 0 Å². The molecule has 0 aliphatic carbocycles. The molecule has 112 valence electrons. The van der Waals surface area contributed by atoms with Gasteiger partial charge < -0.3 is 15.7 Å². The number of aromatic nitrogens is 1. The third-order valence-corrected chi connectivity index (χ3v) is 4.43. The van der Waals surface area contributed by atoms with E-state index >= 15 is 0 Å². The van der Waals surface area contributed by atoms with E-state index in [2.05, 4.69) is 36.8 Å². The van der Waals surface area contributed by atoms with Crippen molar-refractivity contribution in [3.8, 4) is 0 Å². The molecule has 3 rings (SSSR count). The number of nitrogens with zero attached hydrogens (tertiary/aromatic N) is 3. The first-order chi connectivity index (χ1) is 10.2. The molecule has 0 atom stereocenters. The molecular weight excluding hydrogens is 332 g/mol. The summed E-state index contributed by atoms with van der Waals surface area (Å²) in [5, 5.41) is 10.1. The van der Waals surface area contributed by atoms with Crippen LogP contribution in [0.1, 0.15) is 0 Å². The fourth-order valence-electron chi connectivity index (χ4n) is 2.86. The maximum atomic E-state index is 9.03. The summed E-state index contributed by atoms with van der Waals surface area (Å²) in [5.41, 5.74) is 8.94. The average molecular weight is 351 g/mol. The molecule has 1 aliphatic rings. The van der Waals surface area contributed by atoms with Crippen LogP contribution in [0.5, 0.6) is 0 Å². The van der Waals surface area contributed by atoms with Gasteiger partial charge in [0.25, 0.3) is 0 Å². The summed E-state index contributed by atoms with van der Waals surface area (Å²) < 4.78 is 1.03. The Labute approximate surface area is 132 Å². The number of anilines is 2. The van der Waals surface area contributed by atoms with E-state index in [9.17, 15) is 0 Å². The predicted molar refractivity (Wildman–Crippen MR) is 89.6 cm³/mol. The maximum absolute atomic E-state index is 9.03. The van der Waals surface area contributed by atoms with Crippen LogP contribution < -0.4 is 10.6 Å². The van der Waals surface area contributed by atoms with E-state index in [1.807, 2.05) is 12.1 Å². The lowest BCUT2D eigenvalue weighted by molar-refractivity contribution is 0.189. The molecule has 0 spiro atoms. The van der Waals surface area contributed by atoms with E-state index in [1.54, 1.807) is 6.20 Å². The molecule has 1 aliphatic heterocycles. The van der Waals surface area contributed by atoms with Gasteiger partial charge in [-0.1, -0.05) is 15.9 Å². The molecule has 2 heterocycles. The Morgan fingerprint density at radius 2 is 2.00 bits per heavy atom. The second-order valence-electron chi connectivity index (χ2n) is 5.28. The minimum absolute atomic E-state index is 0.216. The highest BCUT2D eigenvalue weighted by molar-refractivity contribution is 9.10. The van der Waals surface area contributed by atoms with Crippen LogP contribution in [-0.2, 0) is 0 Å². The molecule has 2 aromatic rings. The SMILES string of the molecule is Nc1cnc2ccc(Br)cc2c1N1CCN(CCO)CC1. The lowest BCUT2D eigenvalue weighted by atomic mass is 10.1. The number of hydrogen-bond acceptors (Lipinski definition) is 5. The van der Waals surface area contributed by atoms with Crippen molar-refractivity contribution in [1.82, 2.24) is 9.88 Å². The first-order valence-corrected chi connectivity index (χ1v) is 7.90. The number of aliphatic hydroxyl groups excluding tert-OH is 1. The van der Waals surface area contributed by atoms with Gasteiger partial charge >= 0.3 is 0 Å². The van der Waals surface area contributed by atoms with Crippen molar-refractivity contribution >= 4 is 38.2 Å². The summed E-state index contributed by atoms with van der Waals surface area (Å²) in [6, 6.07) is 6.08. The summed E-state index contributed by atoms with van der Waals surface area (Å²) in [7, 11) is 0. The topological polar surface area (TPSA) is 65.6 Å². The minimum atomic E-state index is 0.216. The number of nitrogen functional groups attached to an aromatic ring is 1. The van der Waals surface area contributed by atoms with Gasteiger partial charge in [0.2, 0.25) is 0 Å². The van der Waals surface area contributed by atoms with Gasteiger partial charge in [0, 0.05) is 42.6 Å². The van der Waals surface area contributed by atoms with Gasteiger partial charge in [-0.25, -0.2) is 0 Å². The summed E-state index contributed by atoms with van der Waals surface area (Å²) in [6.07, 6.45) is 1.74. The van der Waals surface area contributed by atoms with Gasteiger partial charge in [-0.3, -0.25) is 9.88 Å². The Morgan fingerprint density at radius 1 is 1.24 bits per heavy atom. The Bertz CT molecular complexity index is 636. The quantitative estimate of drug-likeness (QED) is 0.881. The Hall–Kier alpha value is -1.37. The van der Waals surface area contributed by atoms with Crippen LogP contribution in [0.2, 0.25) is 0 Å². The predicted octanol–water partition coefficient (Wildman–Crippen LogP) is 1.69. The van der Waals surface area contributed by atoms with Crippen molar-refractivity contribution in [1.29, 1.82) is 0 Å². The summed E-state index contributed by atoms with van der Waals surface area (Å²) in [4.78, 5) is 8.99. The molecule has 1 aromatic heterocycles. The van der Waals surface area contributed by atoms with Crippen LogP contribution >= 0.6 is 15.9 Å². The fraction of sp³-hybridized carbons (Fsp3) is 0.400. The third kappa shape index (κ3) is 2.97. The van der Waals surface area contributed by atoms with E-state index in [4.69, 9.17) is 10.8 Å².